The number of piperidine rings is 1. The second-order valence-electron chi connectivity index (χ2n) is 6.12. The molecule has 1 aliphatic rings. The average molecular weight is 318 g/mol. The number of nitrogens with zero attached hydrogens (tertiary/aromatic N) is 1. The molecule has 0 spiro atoms. The summed E-state index contributed by atoms with van der Waals surface area (Å²) < 4.78 is 25.6. The molecule has 21 heavy (non-hydrogen) atoms. The quantitative estimate of drug-likeness (QED) is 0.697. The van der Waals surface area contributed by atoms with Crippen LogP contribution in [-0.4, -0.2) is 43.5 Å². The third kappa shape index (κ3) is 5.58. The van der Waals surface area contributed by atoms with E-state index in [-0.39, 0.29) is 17.1 Å². The monoisotopic (exact) mass is 318 g/mol. The summed E-state index contributed by atoms with van der Waals surface area (Å²) in [6, 6.07) is 0. The number of sulfonamides is 1. The van der Waals surface area contributed by atoms with Gasteiger partial charge in [-0.05, 0) is 33.1 Å². The fourth-order valence-corrected chi connectivity index (χ4v) is 3.89. The normalized spacial score (nSPS) is 18.1. The number of carbonyl (C=O) groups excluding carboxylic acids is 1. The molecule has 1 N–H and O–H groups in total. The zero-order chi connectivity index (χ0) is 15.9. The van der Waals surface area contributed by atoms with Crippen molar-refractivity contribution in [2.45, 2.75) is 64.5 Å². The molecule has 0 aliphatic carbocycles. The van der Waals surface area contributed by atoms with Gasteiger partial charge in [-0.2, -0.15) is 0 Å². The second kappa shape index (κ2) is 8.73. The molecule has 0 unspecified atom stereocenters. The highest BCUT2D eigenvalue weighted by atomic mass is 32.2. The molecule has 0 atom stereocenters. The van der Waals surface area contributed by atoms with Crippen molar-refractivity contribution in [2.24, 2.45) is 5.92 Å². The van der Waals surface area contributed by atoms with Gasteiger partial charge in [-0.3, -0.25) is 4.79 Å². The van der Waals surface area contributed by atoms with Crippen molar-refractivity contribution in [1.29, 1.82) is 0 Å². The third-order valence-electron chi connectivity index (χ3n) is 4.11. The summed E-state index contributed by atoms with van der Waals surface area (Å²) in [6.45, 7) is 7.23. The largest absolute Gasteiger partial charge is 0.356 e. The first kappa shape index (κ1) is 18.4. The smallest absolute Gasteiger partial charge is 0.223 e. The Bertz CT molecular complexity index is 413. The maximum Gasteiger partial charge on any atom is 0.223 e. The van der Waals surface area contributed by atoms with Gasteiger partial charge in [0.05, 0.1) is 5.25 Å². The van der Waals surface area contributed by atoms with Crippen LogP contribution in [0.3, 0.4) is 0 Å². The van der Waals surface area contributed by atoms with Gasteiger partial charge in [-0.1, -0.05) is 26.2 Å². The highest BCUT2D eigenvalue weighted by molar-refractivity contribution is 7.89. The molecule has 1 fully saturated rings. The molecule has 0 radical (unpaired) electrons. The summed E-state index contributed by atoms with van der Waals surface area (Å²) in [7, 11) is -3.17. The highest BCUT2D eigenvalue weighted by Gasteiger charge is 2.32. The number of rotatable bonds is 8. The first-order chi connectivity index (χ1) is 9.89. The minimum Gasteiger partial charge on any atom is -0.356 e. The Hall–Kier alpha value is -0.620. The number of unbranched alkanes of at least 4 members (excludes halogenated alkanes) is 3. The Morgan fingerprint density at radius 3 is 2.33 bits per heavy atom. The molecule has 1 rings (SSSR count). The maximum atomic E-state index is 12.1. The molecule has 0 bridgehead atoms. The van der Waals surface area contributed by atoms with Crippen LogP contribution >= 0.6 is 0 Å². The molecule has 1 saturated heterocycles. The lowest BCUT2D eigenvalue weighted by Gasteiger charge is -2.31. The lowest BCUT2D eigenvalue weighted by atomic mass is 9.97. The van der Waals surface area contributed by atoms with Crippen LogP contribution in [0.15, 0.2) is 0 Å². The van der Waals surface area contributed by atoms with Crippen LogP contribution in [0.1, 0.15) is 59.3 Å². The molecule has 0 saturated carbocycles. The van der Waals surface area contributed by atoms with E-state index in [2.05, 4.69) is 12.2 Å². The van der Waals surface area contributed by atoms with Crippen molar-refractivity contribution in [1.82, 2.24) is 9.62 Å². The minimum atomic E-state index is -3.17. The molecule has 0 aromatic carbocycles. The van der Waals surface area contributed by atoms with Gasteiger partial charge < -0.3 is 5.32 Å². The van der Waals surface area contributed by atoms with Crippen LogP contribution in [0.5, 0.6) is 0 Å². The summed E-state index contributed by atoms with van der Waals surface area (Å²) in [5.41, 5.74) is 0. The fraction of sp³-hybridized carbons (Fsp3) is 0.933. The first-order valence-corrected chi connectivity index (χ1v) is 9.66. The van der Waals surface area contributed by atoms with Crippen molar-refractivity contribution in [3.05, 3.63) is 0 Å². The number of amides is 1. The van der Waals surface area contributed by atoms with Crippen molar-refractivity contribution < 1.29 is 13.2 Å². The number of hydrogen-bond donors (Lipinski definition) is 1. The highest BCUT2D eigenvalue weighted by Crippen LogP contribution is 2.21. The summed E-state index contributed by atoms with van der Waals surface area (Å²) >= 11 is 0. The lowest BCUT2D eigenvalue weighted by Crippen LogP contribution is -2.45. The predicted molar refractivity (Wildman–Crippen MR) is 85.5 cm³/mol. The Labute approximate surface area is 129 Å². The van der Waals surface area contributed by atoms with Crippen LogP contribution in [-0.2, 0) is 14.8 Å². The number of hydrogen-bond acceptors (Lipinski definition) is 3. The van der Waals surface area contributed by atoms with Gasteiger partial charge in [-0.15, -0.1) is 0 Å². The summed E-state index contributed by atoms with van der Waals surface area (Å²) in [4.78, 5) is 12.0. The molecule has 1 heterocycles. The Morgan fingerprint density at radius 1 is 1.19 bits per heavy atom. The summed E-state index contributed by atoms with van der Waals surface area (Å²) in [6.07, 6.45) is 5.85. The average Bonchev–Trinajstić information content (AvgIpc) is 2.46. The topological polar surface area (TPSA) is 66.5 Å². The number of carbonyl (C=O) groups is 1. The molecule has 5 nitrogen and oxygen atoms in total. The van der Waals surface area contributed by atoms with Crippen LogP contribution in [0, 0.1) is 5.92 Å². The zero-order valence-corrected chi connectivity index (χ0v) is 14.4. The molecule has 0 aromatic rings. The Balaban J connectivity index is 2.31. The van der Waals surface area contributed by atoms with Gasteiger partial charge in [0.1, 0.15) is 0 Å². The molecule has 6 heteroatoms. The second-order valence-corrected chi connectivity index (χ2v) is 8.61. The van der Waals surface area contributed by atoms with Crippen LogP contribution in [0.4, 0.5) is 0 Å². The molecule has 1 amide bonds. The maximum absolute atomic E-state index is 12.1. The fourth-order valence-electron chi connectivity index (χ4n) is 2.58. The Kier molecular flexibility index (Phi) is 7.66. The Morgan fingerprint density at radius 2 is 1.81 bits per heavy atom. The molecule has 1 aliphatic heterocycles. The molecule has 124 valence electrons. The minimum absolute atomic E-state index is 0.0326. The third-order valence-corrected chi connectivity index (χ3v) is 6.39. The summed E-state index contributed by atoms with van der Waals surface area (Å²) in [5, 5.41) is 2.59. The van der Waals surface area contributed by atoms with E-state index in [0.717, 1.165) is 19.4 Å². The van der Waals surface area contributed by atoms with Gasteiger partial charge >= 0.3 is 0 Å². The van der Waals surface area contributed by atoms with E-state index in [1.165, 1.54) is 17.1 Å². The van der Waals surface area contributed by atoms with E-state index in [4.69, 9.17) is 0 Å². The van der Waals surface area contributed by atoms with Crippen LogP contribution < -0.4 is 5.32 Å². The van der Waals surface area contributed by atoms with Gasteiger partial charge in [0.25, 0.3) is 0 Å². The first-order valence-electron chi connectivity index (χ1n) is 8.16. The SMILES string of the molecule is CCCCCCNC(=O)C1CCN(S(=O)(=O)C(C)C)CC1. The molecular weight excluding hydrogens is 288 g/mol. The van der Waals surface area contributed by atoms with Crippen molar-refractivity contribution in [2.75, 3.05) is 19.6 Å². The molecule has 0 aromatic heterocycles. The van der Waals surface area contributed by atoms with E-state index in [1.807, 2.05) is 0 Å². The van der Waals surface area contributed by atoms with Crippen molar-refractivity contribution >= 4 is 15.9 Å². The van der Waals surface area contributed by atoms with E-state index in [0.29, 0.717) is 25.9 Å². The van der Waals surface area contributed by atoms with Crippen LogP contribution in [0.25, 0.3) is 0 Å². The van der Waals surface area contributed by atoms with Crippen molar-refractivity contribution in [3.63, 3.8) is 0 Å². The predicted octanol–water partition coefficient (Wildman–Crippen LogP) is 2.13. The van der Waals surface area contributed by atoms with E-state index in [9.17, 15) is 13.2 Å². The standard InChI is InChI=1S/C15H30N2O3S/c1-4-5-6-7-10-16-15(18)14-8-11-17(12-9-14)21(19,20)13(2)3/h13-14H,4-12H2,1-3H3,(H,16,18). The van der Waals surface area contributed by atoms with E-state index in [1.54, 1.807) is 13.8 Å². The zero-order valence-electron chi connectivity index (χ0n) is 13.6. The summed E-state index contributed by atoms with van der Waals surface area (Å²) in [5.74, 6) is 0.0582. The van der Waals surface area contributed by atoms with Gasteiger partial charge in [0, 0.05) is 25.6 Å². The van der Waals surface area contributed by atoms with Gasteiger partial charge in [0.15, 0.2) is 0 Å². The molecular formula is C15H30N2O3S. The van der Waals surface area contributed by atoms with E-state index >= 15 is 0 Å². The van der Waals surface area contributed by atoms with Crippen molar-refractivity contribution in [3.8, 4) is 0 Å². The van der Waals surface area contributed by atoms with Crippen LogP contribution in [0.2, 0.25) is 0 Å². The lowest BCUT2D eigenvalue weighted by molar-refractivity contribution is -0.126. The van der Waals surface area contributed by atoms with Gasteiger partial charge in [-0.25, -0.2) is 12.7 Å². The van der Waals surface area contributed by atoms with E-state index < -0.39 is 10.0 Å². The number of nitrogens with one attached hydrogen (secondary N) is 1. The van der Waals surface area contributed by atoms with Gasteiger partial charge in [0.2, 0.25) is 15.9 Å².